The van der Waals surface area contributed by atoms with Crippen LogP contribution >= 0.6 is 0 Å². The monoisotopic (exact) mass is 276 g/mol. The molecule has 0 amide bonds. The molecule has 1 saturated carbocycles. The Bertz CT molecular complexity index is 343. The van der Waals surface area contributed by atoms with Crippen molar-refractivity contribution in [3.05, 3.63) is 12.3 Å². The lowest BCUT2D eigenvalue weighted by Gasteiger charge is -2.34. The van der Waals surface area contributed by atoms with E-state index in [-0.39, 0.29) is 0 Å². The predicted octanol–water partition coefficient (Wildman–Crippen LogP) is 3.74. The first-order chi connectivity index (χ1) is 9.63. The Morgan fingerprint density at radius 1 is 0.850 bits per heavy atom. The summed E-state index contributed by atoms with van der Waals surface area (Å²) in [5.41, 5.74) is 1.45. The molecule has 0 aromatic heterocycles. The zero-order valence-corrected chi connectivity index (χ0v) is 13.5. The van der Waals surface area contributed by atoms with Gasteiger partial charge in [-0.2, -0.15) is 0 Å². The minimum Gasteiger partial charge on any atom is -0.375 e. The fourth-order valence-electron chi connectivity index (χ4n) is 4.45. The van der Waals surface area contributed by atoms with Crippen LogP contribution in [0, 0.1) is 17.8 Å². The van der Waals surface area contributed by atoms with Crippen LogP contribution in [0.3, 0.4) is 0 Å². The standard InChI is InChI=1S/C18H32N2/c1-14-4-6-18(7-5-14)20-11-9-17(13-20)16(3)19-10-8-15(2)12-19/h14-15,17-18H,3-13H2,1-2H3. The molecular formula is C18H32N2. The maximum Gasteiger partial charge on any atom is 0.0201 e. The summed E-state index contributed by atoms with van der Waals surface area (Å²) in [6.45, 7) is 14.3. The van der Waals surface area contributed by atoms with Gasteiger partial charge in [-0.25, -0.2) is 0 Å². The lowest BCUT2D eigenvalue weighted by atomic mass is 9.87. The summed E-state index contributed by atoms with van der Waals surface area (Å²) >= 11 is 0. The molecule has 3 rings (SSSR count). The number of likely N-dealkylation sites (tertiary alicyclic amines) is 2. The van der Waals surface area contributed by atoms with Crippen molar-refractivity contribution in [2.75, 3.05) is 26.2 Å². The molecule has 0 aromatic rings. The van der Waals surface area contributed by atoms with Crippen LogP contribution in [0.5, 0.6) is 0 Å². The van der Waals surface area contributed by atoms with Gasteiger partial charge in [-0.15, -0.1) is 0 Å². The highest BCUT2D eigenvalue weighted by Crippen LogP contribution is 2.34. The van der Waals surface area contributed by atoms with Crippen molar-refractivity contribution in [2.24, 2.45) is 17.8 Å². The minimum atomic E-state index is 0.736. The molecule has 2 aliphatic heterocycles. The summed E-state index contributed by atoms with van der Waals surface area (Å²) in [5.74, 6) is 2.56. The van der Waals surface area contributed by atoms with Crippen LogP contribution in [0.15, 0.2) is 12.3 Å². The molecule has 3 fully saturated rings. The second-order valence-corrected chi connectivity index (χ2v) is 7.73. The maximum absolute atomic E-state index is 4.44. The average Bonchev–Trinajstić information content (AvgIpc) is 3.08. The van der Waals surface area contributed by atoms with Gasteiger partial charge in [-0.05, 0) is 56.9 Å². The van der Waals surface area contributed by atoms with Crippen LogP contribution in [0.1, 0.15) is 52.4 Å². The molecule has 114 valence electrons. The second kappa shape index (κ2) is 6.09. The Morgan fingerprint density at radius 2 is 1.60 bits per heavy atom. The van der Waals surface area contributed by atoms with Crippen molar-refractivity contribution in [3.8, 4) is 0 Å². The van der Waals surface area contributed by atoms with Gasteiger partial charge in [0, 0.05) is 37.3 Å². The molecule has 0 spiro atoms. The van der Waals surface area contributed by atoms with E-state index in [0.29, 0.717) is 0 Å². The van der Waals surface area contributed by atoms with Crippen LogP contribution < -0.4 is 0 Å². The lowest BCUT2D eigenvalue weighted by Crippen LogP contribution is -2.36. The molecule has 0 bridgehead atoms. The Labute approximate surface area is 125 Å². The zero-order valence-electron chi connectivity index (χ0n) is 13.5. The van der Waals surface area contributed by atoms with Crippen LogP contribution in [0.4, 0.5) is 0 Å². The van der Waals surface area contributed by atoms with Crippen molar-refractivity contribution in [3.63, 3.8) is 0 Å². The van der Waals surface area contributed by atoms with Crippen molar-refractivity contribution >= 4 is 0 Å². The zero-order chi connectivity index (χ0) is 14.1. The van der Waals surface area contributed by atoms with E-state index < -0.39 is 0 Å². The summed E-state index contributed by atoms with van der Waals surface area (Å²) in [6, 6.07) is 0.876. The smallest absolute Gasteiger partial charge is 0.0201 e. The third kappa shape index (κ3) is 3.05. The van der Waals surface area contributed by atoms with Gasteiger partial charge in [0.25, 0.3) is 0 Å². The second-order valence-electron chi connectivity index (χ2n) is 7.73. The van der Waals surface area contributed by atoms with Crippen molar-refractivity contribution in [2.45, 2.75) is 58.4 Å². The van der Waals surface area contributed by atoms with Gasteiger partial charge in [0.15, 0.2) is 0 Å². The third-order valence-corrected chi connectivity index (χ3v) is 6.02. The summed E-state index contributed by atoms with van der Waals surface area (Å²) in [7, 11) is 0. The fourth-order valence-corrected chi connectivity index (χ4v) is 4.45. The first kappa shape index (κ1) is 14.4. The van der Waals surface area contributed by atoms with E-state index in [4.69, 9.17) is 0 Å². The van der Waals surface area contributed by atoms with Crippen LogP contribution in [-0.4, -0.2) is 42.0 Å². The number of hydrogen-bond acceptors (Lipinski definition) is 2. The lowest BCUT2D eigenvalue weighted by molar-refractivity contribution is 0.164. The largest absolute Gasteiger partial charge is 0.375 e. The summed E-state index contributed by atoms with van der Waals surface area (Å²) < 4.78 is 0. The van der Waals surface area contributed by atoms with E-state index >= 15 is 0 Å². The molecule has 20 heavy (non-hydrogen) atoms. The van der Waals surface area contributed by atoms with E-state index in [1.54, 1.807) is 0 Å². The van der Waals surface area contributed by atoms with Gasteiger partial charge in [0.2, 0.25) is 0 Å². The number of rotatable bonds is 3. The van der Waals surface area contributed by atoms with E-state index in [1.807, 2.05) is 0 Å². The molecule has 1 aliphatic carbocycles. The van der Waals surface area contributed by atoms with Gasteiger partial charge in [-0.1, -0.05) is 20.4 Å². The van der Waals surface area contributed by atoms with Crippen molar-refractivity contribution in [1.29, 1.82) is 0 Å². The quantitative estimate of drug-likeness (QED) is 0.775. The summed E-state index contributed by atoms with van der Waals surface area (Å²) in [4.78, 5) is 5.35. The predicted molar refractivity (Wildman–Crippen MR) is 85.6 cm³/mol. The topological polar surface area (TPSA) is 6.48 Å². The van der Waals surface area contributed by atoms with Crippen LogP contribution in [0.2, 0.25) is 0 Å². The van der Waals surface area contributed by atoms with Crippen molar-refractivity contribution in [1.82, 2.24) is 9.80 Å². The molecule has 2 atom stereocenters. The van der Waals surface area contributed by atoms with E-state index in [0.717, 1.165) is 23.8 Å². The molecule has 0 aromatic carbocycles. The first-order valence-electron chi connectivity index (χ1n) is 8.81. The summed E-state index contributed by atoms with van der Waals surface area (Å²) in [5, 5.41) is 0. The molecule has 0 N–H and O–H groups in total. The number of nitrogens with zero attached hydrogens (tertiary/aromatic N) is 2. The normalized spacial score (nSPS) is 39.4. The molecule has 3 aliphatic rings. The first-order valence-corrected chi connectivity index (χ1v) is 8.81. The molecule has 2 nitrogen and oxygen atoms in total. The van der Waals surface area contributed by atoms with Gasteiger partial charge < -0.3 is 4.90 Å². The Kier molecular flexibility index (Phi) is 4.40. The molecule has 0 radical (unpaired) electrons. The Hall–Kier alpha value is -0.500. The van der Waals surface area contributed by atoms with E-state index in [1.165, 1.54) is 70.4 Å². The molecule has 2 saturated heterocycles. The molecule has 2 unspecified atom stereocenters. The van der Waals surface area contributed by atoms with Crippen molar-refractivity contribution < 1.29 is 0 Å². The van der Waals surface area contributed by atoms with E-state index in [2.05, 4.69) is 30.2 Å². The van der Waals surface area contributed by atoms with Crippen LogP contribution in [-0.2, 0) is 0 Å². The third-order valence-electron chi connectivity index (χ3n) is 6.02. The highest BCUT2D eigenvalue weighted by Gasteiger charge is 2.33. The maximum atomic E-state index is 4.44. The minimum absolute atomic E-state index is 0.736. The van der Waals surface area contributed by atoms with Gasteiger partial charge in [0.1, 0.15) is 0 Å². The van der Waals surface area contributed by atoms with Crippen LogP contribution in [0.25, 0.3) is 0 Å². The summed E-state index contributed by atoms with van der Waals surface area (Å²) in [6.07, 6.45) is 8.45. The van der Waals surface area contributed by atoms with Gasteiger partial charge in [0.05, 0.1) is 0 Å². The van der Waals surface area contributed by atoms with E-state index in [9.17, 15) is 0 Å². The highest BCUT2D eigenvalue weighted by atomic mass is 15.2. The Morgan fingerprint density at radius 3 is 2.25 bits per heavy atom. The molecule has 2 heteroatoms. The van der Waals surface area contributed by atoms with Gasteiger partial charge in [-0.3, -0.25) is 4.90 Å². The number of hydrogen-bond donors (Lipinski definition) is 0. The highest BCUT2D eigenvalue weighted by molar-refractivity contribution is 5.06. The average molecular weight is 276 g/mol. The fraction of sp³-hybridized carbons (Fsp3) is 0.889. The van der Waals surface area contributed by atoms with Gasteiger partial charge >= 0.3 is 0 Å². The SMILES string of the molecule is C=C(C1CCN(C2CCC(C)CC2)C1)N1CCC(C)C1. The molecular weight excluding hydrogens is 244 g/mol. The molecule has 2 heterocycles. The Balaban J connectivity index is 1.50.